The summed E-state index contributed by atoms with van der Waals surface area (Å²) in [6.45, 7) is 3.45. The number of amides is 1. The second-order valence-electron chi connectivity index (χ2n) is 6.95. The first kappa shape index (κ1) is 21.0. The highest BCUT2D eigenvalue weighted by atomic mass is 19.1. The van der Waals surface area contributed by atoms with Crippen LogP contribution >= 0.6 is 0 Å². The fourth-order valence-corrected chi connectivity index (χ4v) is 3.36. The Morgan fingerprint density at radius 1 is 1.34 bits per heavy atom. The van der Waals surface area contributed by atoms with Crippen LogP contribution in [0.15, 0.2) is 36.7 Å². The molecule has 0 aliphatic carbocycles. The minimum Gasteiger partial charge on any atom is -0.496 e. The van der Waals surface area contributed by atoms with Gasteiger partial charge in [0.15, 0.2) is 0 Å². The van der Waals surface area contributed by atoms with Gasteiger partial charge in [-0.05, 0) is 37.5 Å². The van der Waals surface area contributed by atoms with Gasteiger partial charge in [0.1, 0.15) is 11.6 Å². The normalized spacial score (nSPS) is 15.9. The smallest absolute Gasteiger partial charge is 0.414 e. The third-order valence-corrected chi connectivity index (χ3v) is 4.90. The van der Waals surface area contributed by atoms with Crippen molar-refractivity contribution in [2.24, 2.45) is 0 Å². The second kappa shape index (κ2) is 10.2. The molecular weight excluding hydrogens is 375 g/mol. The second-order valence-corrected chi connectivity index (χ2v) is 6.95. The lowest BCUT2D eigenvalue weighted by atomic mass is 10.0. The monoisotopic (exact) mass is 402 g/mol. The molecule has 1 aliphatic rings. The summed E-state index contributed by atoms with van der Waals surface area (Å²) in [5.41, 5.74) is 1.96. The number of halogens is 1. The van der Waals surface area contributed by atoms with Crippen LogP contribution in [0.1, 0.15) is 32.6 Å². The number of anilines is 1. The van der Waals surface area contributed by atoms with Gasteiger partial charge >= 0.3 is 6.09 Å². The third-order valence-electron chi connectivity index (χ3n) is 4.90. The van der Waals surface area contributed by atoms with Gasteiger partial charge < -0.3 is 14.2 Å². The van der Waals surface area contributed by atoms with Crippen molar-refractivity contribution < 1.29 is 23.4 Å². The number of benzene rings is 1. The highest BCUT2D eigenvalue weighted by Crippen LogP contribution is 2.37. The lowest BCUT2D eigenvalue weighted by molar-refractivity contribution is 0.109. The van der Waals surface area contributed by atoms with E-state index in [0.717, 1.165) is 25.7 Å². The number of hydrogen-bond donors (Lipinski definition) is 0. The largest absolute Gasteiger partial charge is 0.496 e. The Hall–Kier alpha value is -2.67. The van der Waals surface area contributed by atoms with E-state index in [9.17, 15) is 9.18 Å². The minimum absolute atomic E-state index is 0.0584. The van der Waals surface area contributed by atoms with Gasteiger partial charge in [-0.25, -0.2) is 9.18 Å². The molecule has 1 fully saturated rings. The highest BCUT2D eigenvalue weighted by molar-refractivity contribution is 5.94. The van der Waals surface area contributed by atoms with Crippen molar-refractivity contribution in [1.29, 1.82) is 0 Å². The SMILES string of the molecule is CCCCOC(=O)N(CC1CCCO1)c1cnccc1-c1ccc(F)cc1OC. The third kappa shape index (κ3) is 5.23. The Kier molecular flexibility index (Phi) is 7.41. The minimum atomic E-state index is -0.440. The maximum absolute atomic E-state index is 13.7. The number of carbonyl (C=O) groups excluding carboxylic acids is 1. The van der Waals surface area contributed by atoms with Gasteiger partial charge in [-0.15, -0.1) is 0 Å². The van der Waals surface area contributed by atoms with Crippen molar-refractivity contribution >= 4 is 11.8 Å². The molecule has 1 aliphatic heterocycles. The van der Waals surface area contributed by atoms with E-state index < -0.39 is 11.9 Å². The number of methoxy groups -OCH3 is 1. The van der Waals surface area contributed by atoms with Crippen molar-refractivity contribution in [3.63, 3.8) is 0 Å². The molecule has 1 aromatic heterocycles. The number of unbranched alkanes of at least 4 members (excludes halogenated alkanes) is 1. The fourth-order valence-electron chi connectivity index (χ4n) is 3.36. The number of rotatable bonds is 8. The first-order valence-corrected chi connectivity index (χ1v) is 9.97. The Balaban J connectivity index is 1.98. The number of aromatic nitrogens is 1. The average Bonchev–Trinajstić information content (AvgIpc) is 3.25. The molecule has 0 bridgehead atoms. The molecule has 1 atom stereocenters. The van der Waals surface area contributed by atoms with Crippen LogP contribution in [-0.4, -0.2) is 44.0 Å². The van der Waals surface area contributed by atoms with Gasteiger partial charge in [0.2, 0.25) is 0 Å². The molecule has 0 N–H and O–H groups in total. The zero-order valence-corrected chi connectivity index (χ0v) is 16.9. The van der Waals surface area contributed by atoms with E-state index >= 15 is 0 Å². The summed E-state index contributed by atoms with van der Waals surface area (Å²) in [6.07, 6.45) is 6.34. The van der Waals surface area contributed by atoms with Gasteiger partial charge in [0.05, 0.1) is 38.2 Å². The quantitative estimate of drug-likeness (QED) is 0.593. The van der Waals surface area contributed by atoms with Gasteiger partial charge in [0.25, 0.3) is 0 Å². The van der Waals surface area contributed by atoms with Gasteiger partial charge in [-0.2, -0.15) is 0 Å². The van der Waals surface area contributed by atoms with Crippen molar-refractivity contribution in [3.05, 3.63) is 42.5 Å². The van der Waals surface area contributed by atoms with Crippen LogP contribution in [0.2, 0.25) is 0 Å². The van der Waals surface area contributed by atoms with Crippen molar-refractivity contribution in [3.8, 4) is 16.9 Å². The molecule has 3 rings (SSSR count). The lowest BCUT2D eigenvalue weighted by Crippen LogP contribution is -2.38. The average molecular weight is 402 g/mol. The molecule has 0 spiro atoms. The zero-order chi connectivity index (χ0) is 20.6. The number of hydrogen-bond acceptors (Lipinski definition) is 5. The van der Waals surface area contributed by atoms with Crippen LogP contribution in [0.3, 0.4) is 0 Å². The molecule has 2 aromatic rings. The highest BCUT2D eigenvalue weighted by Gasteiger charge is 2.27. The molecule has 1 unspecified atom stereocenters. The van der Waals surface area contributed by atoms with E-state index in [0.29, 0.717) is 42.3 Å². The molecule has 1 saturated heterocycles. The Bertz CT molecular complexity index is 824. The molecule has 0 saturated carbocycles. The molecule has 0 radical (unpaired) electrons. The van der Waals surface area contributed by atoms with Crippen molar-refractivity contribution in [1.82, 2.24) is 4.98 Å². The number of nitrogens with zero attached hydrogens (tertiary/aromatic N) is 2. The maximum Gasteiger partial charge on any atom is 0.414 e. The van der Waals surface area contributed by atoms with E-state index in [2.05, 4.69) is 4.98 Å². The predicted octanol–water partition coefficient (Wildman–Crippen LogP) is 4.82. The predicted molar refractivity (Wildman–Crippen MR) is 109 cm³/mol. The van der Waals surface area contributed by atoms with Crippen LogP contribution in [0.4, 0.5) is 14.9 Å². The van der Waals surface area contributed by atoms with Gasteiger partial charge in [-0.1, -0.05) is 13.3 Å². The number of ether oxygens (including phenoxy) is 3. The van der Waals surface area contributed by atoms with Gasteiger partial charge in [-0.3, -0.25) is 9.88 Å². The van der Waals surface area contributed by atoms with Crippen LogP contribution in [0.25, 0.3) is 11.1 Å². The Labute approximate surface area is 170 Å². The summed E-state index contributed by atoms with van der Waals surface area (Å²) in [5.74, 6) is -0.00902. The molecule has 1 amide bonds. The van der Waals surface area contributed by atoms with E-state index in [1.54, 1.807) is 29.4 Å². The summed E-state index contributed by atoms with van der Waals surface area (Å²) in [6, 6.07) is 6.11. The molecule has 156 valence electrons. The van der Waals surface area contributed by atoms with Crippen LogP contribution in [0.5, 0.6) is 5.75 Å². The Morgan fingerprint density at radius 2 is 2.21 bits per heavy atom. The fraction of sp³-hybridized carbons (Fsp3) is 0.455. The summed E-state index contributed by atoms with van der Waals surface area (Å²) >= 11 is 0. The first-order chi connectivity index (χ1) is 14.1. The van der Waals surface area contributed by atoms with E-state index in [1.165, 1.54) is 19.2 Å². The lowest BCUT2D eigenvalue weighted by Gasteiger charge is -2.27. The van der Waals surface area contributed by atoms with Crippen LogP contribution in [0, 0.1) is 5.82 Å². The molecule has 6 nitrogen and oxygen atoms in total. The summed E-state index contributed by atoms with van der Waals surface area (Å²) in [4.78, 5) is 18.7. The molecule has 7 heteroatoms. The topological polar surface area (TPSA) is 60.9 Å². The maximum atomic E-state index is 13.7. The van der Waals surface area contributed by atoms with E-state index in [1.807, 2.05) is 6.92 Å². The number of carbonyl (C=O) groups is 1. The van der Waals surface area contributed by atoms with E-state index in [-0.39, 0.29) is 6.10 Å². The molecule has 2 heterocycles. The van der Waals surface area contributed by atoms with Gasteiger partial charge in [0, 0.05) is 30.0 Å². The number of pyridine rings is 1. The van der Waals surface area contributed by atoms with E-state index in [4.69, 9.17) is 14.2 Å². The standard InChI is InChI=1S/C22H27FN2O4/c1-3-4-11-29-22(26)25(15-17-6-5-12-28-17)20-14-24-10-9-18(20)19-8-7-16(23)13-21(19)27-2/h7-10,13-14,17H,3-6,11-12,15H2,1-2H3. The molecule has 1 aromatic carbocycles. The summed E-state index contributed by atoms with van der Waals surface area (Å²) in [7, 11) is 1.49. The molecule has 29 heavy (non-hydrogen) atoms. The zero-order valence-electron chi connectivity index (χ0n) is 16.9. The Morgan fingerprint density at radius 3 is 2.93 bits per heavy atom. The van der Waals surface area contributed by atoms with Crippen molar-refractivity contribution in [2.45, 2.75) is 38.7 Å². The summed E-state index contributed by atoms with van der Waals surface area (Å²) in [5, 5.41) is 0. The summed E-state index contributed by atoms with van der Waals surface area (Å²) < 4.78 is 30.3. The van der Waals surface area contributed by atoms with Crippen LogP contribution < -0.4 is 9.64 Å². The first-order valence-electron chi connectivity index (χ1n) is 9.97. The van der Waals surface area contributed by atoms with Crippen LogP contribution in [-0.2, 0) is 9.47 Å². The van der Waals surface area contributed by atoms with Crippen molar-refractivity contribution in [2.75, 3.05) is 31.8 Å². The molecular formula is C22H27FN2O4.